The van der Waals surface area contributed by atoms with E-state index in [0.717, 1.165) is 12.4 Å². The molecule has 20 heavy (non-hydrogen) atoms. The summed E-state index contributed by atoms with van der Waals surface area (Å²) in [5.74, 6) is 1.42. The van der Waals surface area contributed by atoms with Crippen molar-refractivity contribution in [3.63, 3.8) is 0 Å². The first kappa shape index (κ1) is 12.7. The fourth-order valence-corrected chi connectivity index (χ4v) is 2.41. The molecule has 1 N–H and O–H groups in total. The molecule has 3 rings (SSSR count). The first-order valence-electron chi connectivity index (χ1n) is 6.97. The van der Waals surface area contributed by atoms with E-state index in [2.05, 4.69) is 71.8 Å². The van der Waals surface area contributed by atoms with Crippen molar-refractivity contribution in [3.05, 3.63) is 72.4 Å². The third-order valence-corrected chi connectivity index (χ3v) is 3.62. The molecular weight excluding hydrogens is 244 g/mol. The predicted octanol–water partition coefficient (Wildman–Crippen LogP) is 4.45. The molecule has 0 saturated heterocycles. The number of hydrogen-bond donors (Lipinski definition) is 1. The molecule has 0 aliphatic carbocycles. The van der Waals surface area contributed by atoms with Crippen LogP contribution in [0.4, 0.5) is 5.82 Å². The van der Waals surface area contributed by atoms with Crippen molar-refractivity contribution in [1.82, 2.24) is 4.98 Å². The summed E-state index contributed by atoms with van der Waals surface area (Å²) < 4.78 is 0. The summed E-state index contributed by atoms with van der Waals surface area (Å²) in [6.07, 6.45) is 1.86. The van der Waals surface area contributed by atoms with Gasteiger partial charge >= 0.3 is 0 Å². The lowest BCUT2D eigenvalue weighted by atomic mass is 10.0. The molecule has 0 saturated carbocycles. The SMILES string of the molecule is CC(CNc1nccc2ccccc12)c1ccccc1. The van der Waals surface area contributed by atoms with Crippen LogP contribution in [-0.4, -0.2) is 11.5 Å². The van der Waals surface area contributed by atoms with E-state index in [1.807, 2.05) is 12.3 Å². The van der Waals surface area contributed by atoms with E-state index in [1.54, 1.807) is 0 Å². The van der Waals surface area contributed by atoms with Gasteiger partial charge in [-0.2, -0.15) is 0 Å². The van der Waals surface area contributed by atoms with Crippen LogP contribution in [0.3, 0.4) is 0 Å². The number of nitrogens with one attached hydrogen (secondary N) is 1. The number of fused-ring (bicyclic) bond motifs is 1. The highest BCUT2D eigenvalue weighted by Crippen LogP contribution is 2.22. The summed E-state index contributed by atoms with van der Waals surface area (Å²) in [5, 5.41) is 5.87. The Hall–Kier alpha value is -2.35. The third-order valence-electron chi connectivity index (χ3n) is 3.62. The van der Waals surface area contributed by atoms with Gasteiger partial charge in [0.2, 0.25) is 0 Å². The van der Waals surface area contributed by atoms with E-state index < -0.39 is 0 Å². The van der Waals surface area contributed by atoms with Gasteiger partial charge in [0.1, 0.15) is 5.82 Å². The molecule has 1 heterocycles. The van der Waals surface area contributed by atoms with E-state index in [4.69, 9.17) is 0 Å². The van der Waals surface area contributed by atoms with Crippen LogP contribution in [0, 0.1) is 0 Å². The number of benzene rings is 2. The fraction of sp³-hybridized carbons (Fsp3) is 0.167. The van der Waals surface area contributed by atoms with E-state index in [0.29, 0.717) is 5.92 Å². The monoisotopic (exact) mass is 262 g/mol. The minimum absolute atomic E-state index is 0.456. The molecule has 2 aromatic carbocycles. The summed E-state index contributed by atoms with van der Waals surface area (Å²) in [6.45, 7) is 3.11. The Labute approximate surface area is 119 Å². The Balaban J connectivity index is 1.77. The normalized spacial score (nSPS) is 12.2. The Morgan fingerprint density at radius 3 is 2.55 bits per heavy atom. The molecule has 0 fully saturated rings. The van der Waals surface area contributed by atoms with Gasteiger partial charge in [-0.05, 0) is 22.9 Å². The van der Waals surface area contributed by atoms with Gasteiger partial charge in [-0.3, -0.25) is 0 Å². The van der Waals surface area contributed by atoms with E-state index in [-0.39, 0.29) is 0 Å². The van der Waals surface area contributed by atoms with Crippen molar-refractivity contribution >= 4 is 16.6 Å². The molecule has 0 aliphatic rings. The summed E-state index contributed by atoms with van der Waals surface area (Å²) >= 11 is 0. The molecular formula is C18H18N2. The molecule has 0 spiro atoms. The van der Waals surface area contributed by atoms with Gasteiger partial charge in [0.25, 0.3) is 0 Å². The first-order chi connectivity index (χ1) is 9.84. The van der Waals surface area contributed by atoms with E-state index in [1.165, 1.54) is 16.3 Å². The highest BCUT2D eigenvalue weighted by Gasteiger charge is 2.06. The van der Waals surface area contributed by atoms with Crippen LogP contribution in [0.25, 0.3) is 10.8 Å². The van der Waals surface area contributed by atoms with Crippen molar-refractivity contribution < 1.29 is 0 Å². The molecule has 0 bridgehead atoms. The Kier molecular flexibility index (Phi) is 3.64. The van der Waals surface area contributed by atoms with Crippen molar-refractivity contribution in [3.8, 4) is 0 Å². The molecule has 3 aromatic rings. The van der Waals surface area contributed by atoms with Gasteiger partial charge in [-0.15, -0.1) is 0 Å². The zero-order chi connectivity index (χ0) is 13.8. The second-order valence-electron chi connectivity index (χ2n) is 5.07. The van der Waals surface area contributed by atoms with E-state index in [9.17, 15) is 0 Å². The summed E-state index contributed by atoms with van der Waals surface area (Å²) in [6, 6.07) is 20.9. The van der Waals surface area contributed by atoms with Crippen LogP contribution in [0.2, 0.25) is 0 Å². The van der Waals surface area contributed by atoms with Crippen molar-refractivity contribution in [2.75, 3.05) is 11.9 Å². The van der Waals surface area contributed by atoms with Gasteiger partial charge in [0.15, 0.2) is 0 Å². The fourth-order valence-electron chi connectivity index (χ4n) is 2.41. The van der Waals surface area contributed by atoms with Crippen molar-refractivity contribution in [1.29, 1.82) is 0 Å². The molecule has 2 heteroatoms. The molecule has 0 amide bonds. The zero-order valence-electron chi connectivity index (χ0n) is 11.6. The predicted molar refractivity (Wildman–Crippen MR) is 85.1 cm³/mol. The number of aromatic nitrogens is 1. The van der Waals surface area contributed by atoms with Crippen molar-refractivity contribution in [2.45, 2.75) is 12.8 Å². The van der Waals surface area contributed by atoms with Crippen LogP contribution in [0.15, 0.2) is 66.9 Å². The van der Waals surface area contributed by atoms with Gasteiger partial charge in [0.05, 0.1) is 0 Å². The number of nitrogens with zero attached hydrogens (tertiary/aromatic N) is 1. The molecule has 1 aromatic heterocycles. The van der Waals surface area contributed by atoms with Gasteiger partial charge in [-0.25, -0.2) is 4.98 Å². The zero-order valence-corrected chi connectivity index (χ0v) is 11.6. The lowest BCUT2D eigenvalue weighted by molar-refractivity contribution is 0.802. The highest BCUT2D eigenvalue weighted by atomic mass is 15.0. The number of pyridine rings is 1. The maximum atomic E-state index is 4.46. The van der Waals surface area contributed by atoms with Crippen LogP contribution in [-0.2, 0) is 0 Å². The van der Waals surface area contributed by atoms with Gasteiger partial charge in [0, 0.05) is 18.1 Å². The average Bonchev–Trinajstić information content (AvgIpc) is 2.53. The number of hydrogen-bond acceptors (Lipinski definition) is 2. The first-order valence-corrected chi connectivity index (χ1v) is 6.97. The molecule has 100 valence electrons. The average molecular weight is 262 g/mol. The van der Waals surface area contributed by atoms with Crippen LogP contribution in [0.1, 0.15) is 18.4 Å². The molecule has 0 aliphatic heterocycles. The molecule has 1 atom stereocenters. The summed E-state index contributed by atoms with van der Waals surface area (Å²) in [7, 11) is 0. The minimum atomic E-state index is 0.456. The maximum Gasteiger partial charge on any atom is 0.133 e. The van der Waals surface area contributed by atoms with Crippen LogP contribution >= 0.6 is 0 Å². The minimum Gasteiger partial charge on any atom is -0.369 e. The Morgan fingerprint density at radius 1 is 0.950 bits per heavy atom. The second-order valence-corrected chi connectivity index (χ2v) is 5.07. The third kappa shape index (κ3) is 2.64. The number of rotatable bonds is 4. The van der Waals surface area contributed by atoms with Crippen LogP contribution in [0.5, 0.6) is 0 Å². The molecule has 1 unspecified atom stereocenters. The topological polar surface area (TPSA) is 24.9 Å². The lowest BCUT2D eigenvalue weighted by Crippen LogP contribution is -2.10. The smallest absolute Gasteiger partial charge is 0.133 e. The van der Waals surface area contributed by atoms with Gasteiger partial charge < -0.3 is 5.32 Å². The molecule has 0 radical (unpaired) electrons. The van der Waals surface area contributed by atoms with Crippen molar-refractivity contribution in [2.24, 2.45) is 0 Å². The summed E-state index contributed by atoms with van der Waals surface area (Å²) in [5.41, 5.74) is 1.35. The number of anilines is 1. The summed E-state index contributed by atoms with van der Waals surface area (Å²) in [4.78, 5) is 4.46. The Bertz CT molecular complexity index is 687. The van der Waals surface area contributed by atoms with Crippen LogP contribution < -0.4 is 5.32 Å². The quantitative estimate of drug-likeness (QED) is 0.751. The standard InChI is InChI=1S/C18H18N2/c1-14(15-7-3-2-4-8-15)13-20-18-17-10-6-5-9-16(17)11-12-19-18/h2-12,14H,13H2,1H3,(H,19,20). The maximum absolute atomic E-state index is 4.46. The highest BCUT2D eigenvalue weighted by molar-refractivity contribution is 5.91. The second kappa shape index (κ2) is 5.74. The lowest BCUT2D eigenvalue weighted by Gasteiger charge is -2.14. The largest absolute Gasteiger partial charge is 0.369 e. The van der Waals surface area contributed by atoms with Gasteiger partial charge in [-0.1, -0.05) is 61.5 Å². The van der Waals surface area contributed by atoms with E-state index >= 15 is 0 Å². The Morgan fingerprint density at radius 2 is 1.70 bits per heavy atom. The molecule has 2 nitrogen and oxygen atoms in total.